The molecule has 18 heavy (non-hydrogen) atoms. The van der Waals surface area contributed by atoms with Crippen molar-refractivity contribution in [3.63, 3.8) is 0 Å². The average molecular weight is 254 g/mol. The van der Waals surface area contributed by atoms with E-state index in [4.69, 9.17) is 5.26 Å². The van der Waals surface area contributed by atoms with Crippen LogP contribution in [0.2, 0.25) is 0 Å². The van der Waals surface area contributed by atoms with Gasteiger partial charge < -0.3 is 0 Å². The van der Waals surface area contributed by atoms with Gasteiger partial charge in [0.1, 0.15) is 0 Å². The first-order valence-electron chi connectivity index (χ1n) is 5.81. The SMILES string of the molecule is N#CCN1CCCC1c1ccccc1C(F)(F)F. The lowest BCUT2D eigenvalue weighted by atomic mass is 9.98. The second kappa shape index (κ2) is 4.99. The van der Waals surface area contributed by atoms with E-state index in [1.165, 1.54) is 12.1 Å². The summed E-state index contributed by atoms with van der Waals surface area (Å²) < 4.78 is 38.8. The second-order valence-corrected chi connectivity index (χ2v) is 4.37. The molecule has 1 atom stereocenters. The maximum Gasteiger partial charge on any atom is 0.416 e. The van der Waals surface area contributed by atoms with Gasteiger partial charge in [-0.1, -0.05) is 18.2 Å². The zero-order chi connectivity index (χ0) is 13.2. The van der Waals surface area contributed by atoms with Gasteiger partial charge in [-0.25, -0.2) is 0 Å². The highest BCUT2D eigenvalue weighted by atomic mass is 19.4. The fourth-order valence-corrected chi connectivity index (χ4v) is 2.50. The van der Waals surface area contributed by atoms with Crippen molar-refractivity contribution in [1.29, 1.82) is 5.26 Å². The molecular formula is C13H13F3N2. The molecule has 2 rings (SSSR count). The average Bonchev–Trinajstić information content (AvgIpc) is 2.77. The number of nitriles is 1. The van der Waals surface area contributed by atoms with Crippen molar-refractivity contribution >= 4 is 0 Å². The molecular weight excluding hydrogens is 241 g/mol. The second-order valence-electron chi connectivity index (χ2n) is 4.37. The lowest BCUT2D eigenvalue weighted by Crippen LogP contribution is -2.25. The first kappa shape index (κ1) is 12.9. The van der Waals surface area contributed by atoms with E-state index in [-0.39, 0.29) is 18.2 Å². The number of nitrogens with zero attached hydrogens (tertiary/aromatic N) is 2. The molecule has 0 aromatic heterocycles. The van der Waals surface area contributed by atoms with Gasteiger partial charge in [0.25, 0.3) is 0 Å². The van der Waals surface area contributed by atoms with Gasteiger partial charge in [-0.3, -0.25) is 4.90 Å². The van der Waals surface area contributed by atoms with Gasteiger partial charge in [-0.2, -0.15) is 18.4 Å². The summed E-state index contributed by atoms with van der Waals surface area (Å²) in [5.74, 6) is 0. The van der Waals surface area contributed by atoms with Crippen LogP contribution in [-0.2, 0) is 6.18 Å². The van der Waals surface area contributed by atoms with Crippen molar-refractivity contribution < 1.29 is 13.2 Å². The Morgan fingerprint density at radius 3 is 2.72 bits per heavy atom. The number of rotatable bonds is 2. The summed E-state index contributed by atoms with van der Waals surface area (Å²) in [5.41, 5.74) is -0.294. The van der Waals surface area contributed by atoms with E-state index in [9.17, 15) is 13.2 Å². The number of benzene rings is 1. The lowest BCUT2D eigenvalue weighted by Gasteiger charge is -2.24. The summed E-state index contributed by atoms with van der Waals surface area (Å²) in [5, 5.41) is 8.71. The molecule has 1 aliphatic rings. The summed E-state index contributed by atoms with van der Waals surface area (Å²) in [6, 6.07) is 7.37. The molecule has 0 aliphatic carbocycles. The van der Waals surface area contributed by atoms with E-state index in [0.717, 1.165) is 12.5 Å². The Labute approximate surface area is 104 Å². The third kappa shape index (κ3) is 2.49. The Balaban J connectivity index is 2.36. The summed E-state index contributed by atoms with van der Waals surface area (Å²) in [6.45, 7) is 0.862. The van der Waals surface area contributed by atoms with Crippen molar-refractivity contribution in [2.24, 2.45) is 0 Å². The van der Waals surface area contributed by atoms with Crippen molar-refractivity contribution in [1.82, 2.24) is 4.90 Å². The maximum atomic E-state index is 12.9. The third-order valence-electron chi connectivity index (χ3n) is 3.26. The molecule has 0 bridgehead atoms. The summed E-state index contributed by atoms with van der Waals surface area (Å²) >= 11 is 0. The Hall–Kier alpha value is -1.54. The molecule has 5 heteroatoms. The lowest BCUT2D eigenvalue weighted by molar-refractivity contribution is -0.138. The van der Waals surface area contributed by atoms with E-state index in [1.54, 1.807) is 6.07 Å². The first-order valence-corrected chi connectivity index (χ1v) is 5.81. The fourth-order valence-electron chi connectivity index (χ4n) is 2.50. The zero-order valence-electron chi connectivity index (χ0n) is 9.74. The van der Waals surface area contributed by atoms with E-state index < -0.39 is 11.7 Å². The van der Waals surface area contributed by atoms with E-state index in [2.05, 4.69) is 0 Å². The van der Waals surface area contributed by atoms with Gasteiger partial charge >= 0.3 is 6.18 Å². The van der Waals surface area contributed by atoms with Crippen LogP contribution in [0.15, 0.2) is 24.3 Å². The van der Waals surface area contributed by atoms with Crippen LogP contribution in [0.1, 0.15) is 30.0 Å². The zero-order valence-corrected chi connectivity index (χ0v) is 9.74. The van der Waals surface area contributed by atoms with Crippen LogP contribution in [0, 0.1) is 11.3 Å². The predicted octanol–water partition coefficient (Wildman–Crippen LogP) is 3.37. The third-order valence-corrected chi connectivity index (χ3v) is 3.26. The molecule has 1 aliphatic heterocycles. The first-order chi connectivity index (χ1) is 8.54. The van der Waals surface area contributed by atoms with Gasteiger partial charge in [0.15, 0.2) is 0 Å². The molecule has 1 aromatic rings. The predicted molar refractivity (Wildman–Crippen MR) is 60.6 cm³/mol. The van der Waals surface area contributed by atoms with Crippen molar-refractivity contribution in [2.45, 2.75) is 25.1 Å². The minimum Gasteiger partial charge on any atom is -0.283 e. The van der Waals surface area contributed by atoms with E-state index in [1.807, 2.05) is 11.0 Å². The van der Waals surface area contributed by atoms with Crippen LogP contribution in [0.5, 0.6) is 0 Å². The largest absolute Gasteiger partial charge is 0.416 e. The monoisotopic (exact) mass is 254 g/mol. The Bertz CT molecular complexity index is 462. The standard InChI is InChI=1S/C13H13F3N2/c14-13(15,16)11-5-2-1-4-10(11)12-6-3-8-18(12)9-7-17/h1-2,4-5,12H,3,6,8-9H2. The van der Waals surface area contributed by atoms with E-state index >= 15 is 0 Å². The minimum absolute atomic E-state index is 0.177. The van der Waals surface area contributed by atoms with E-state index in [0.29, 0.717) is 13.0 Å². The topological polar surface area (TPSA) is 27.0 Å². The number of hydrogen-bond acceptors (Lipinski definition) is 2. The van der Waals surface area contributed by atoms with Gasteiger partial charge in [0.05, 0.1) is 18.2 Å². The highest BCUT2D eigenvalue weighted by molar-refractivity contribution is 5.33. The molecule has 0 radical (unpaired) electrons. The molecule has 1 heterocycles. The number of likely N-dealkylation sites (tertiary alicyclic amines) is 1. The van der Waals surface area contributed by atoms with Gasteiger partial charge in [-0.15, -0.1) is 0 Å². The van der Waals surface area contributed by atoms with Gasteiger partial charge in [0, 0.05) is 6.04 Å². The Morgan fingerprint density at radius 2 is 2.06 bits per heavy atom. The quantitative estimate of drug-likeness (QED) is 0.757. The fraction of sp³-hybridized carbons (Fsp3) is 0.462. The molecule has 0 saturated carbocycles. The van der Waals surface area contributed by atoms with Crippen molar-refractivity contribution in [3.8, 4) is 6.07 Å². The number of alkyl halides is 3. The van der Waals surface area contributed by atoms with Crippen LogP contribution < -0.4 is 0 Å². The summed E-state index contributed by atoms with van der Waals surface area (Å²) in [6.07, 6.45) is -2.83. The summed E-state index contributed by atoms with van der Waals surface area (Å²) in [4.78, 5) is 1.81. The highest BCUT2D eigenvalue weighted by Crippen LogP contribution is 2.39. The van der Waals surface area contributed by atoms with Crippen LogP contribution in [0.3, 0.4) is 0 Å². The van der Waals surface area contributed by atoms with Crippen molar-refractivity contribution in [2.75, 3.05) is 13.1 Å². The van der Waals surface area contributed by atoms with Gasteiger partial charge in [-0.05, 0) is 31.0 Å². The van der Waals surface area contributed by atoms with Crippen LogP contribution in [0.25, 0.3) is 0 Å². The molecule has 0 N–H and O–H groups in total. The molecule has 1 saturated heterocycles. The molecule has 96 valence electrons. The molecule has 2 nitrogen and oxygen atoms in total. The van der Waals surface area contributed by atoms with Crippen LogP contribution in [0.4, 0.5) is 13.2 Å². The summed E-state index contributed by atoms with van der Waals surface area (Å²) in [7, 11) is 0. The molecule has 1 fully saturated rings. The van der Waals surface area contributed by atoms with Crippen LogP contribution >= 0.6 is 0 Å². The Kier molecular flexibility index (Phi) is 3.58. The Morgan fingerprint density at radius 1 is 1.33 bits per heavy atom. The smallest absolute Gasteiger partial charge is 0.283 e. The molecule has 0 amide bonds. The number of halogens is 3. The van der Waals surface area contributed by atoms with Crippen molar-refractivity contribution in [3.05, 3.63) is 35.4 Å². The number of hydrogen-bond donors (Lipinski definition) is 0. The van der Waals surface area contributed by atoms with Gasteiger partial charge in [0.2, 0.25) is 0 Å². The molecule has 1 aromatic carbocycles. The van der Waals surface area contributed by atoms with Crippen LogP contribution in [-0.4, -0.2) is 18.0 Å². The maximum absolute atomic E-state index is 12.9. The minimum atomic E-state index is -4.34. The highest BCUT2D eigenvalue weighted by Gasteiger charge is 2.37. The normalized spacial score (nSPS) is 20.9. The molecule has 1 unspecified atom stereocenters. The molecule has 0 spiro atoms.